The molecule has 0 saturated carbocycles. The summed E-state index contributed by atoms with van der Waals surface area (Å²) < 4.78 is 0. The van der Waals surface area contributed by atoms with E-state index in [4.69, 9.17) is 0 Å². The molecule has 2 nitrogen and oxygen atoms in total. The second kappa shape index (κ2) is 9.43. The standard InChI is InChI=1S/C17H29NOS/c1-13(2)11-15-5-7-16(8-6-15)17(19)12-18-10-9-14(3)20-4/h5-8,13-14,17-19H,9-12H2,1-4H3. The van der Waals surface area contributed by atoms with Gasteiger partial charge in [0.15, 0.2) is 0 Å². The summed E-state index contributed by atoms with van der Waals surface area (Å²) in [6, 6.07) is 8.37. The van der Waals surface area contributed by atoms with E-state index in [1.807, 2.05) is 11.8 Å². The zero-order chi connectivity index (χ0) is 15.0. The molecule has 0 aliphatic carbocycles. The summed E-state index contributed by atoms with van der Waals surface area (Å²) in [5.74, 6) is 0.672. The van der Waals surface area contributed by atoms with Gasteiger partial charge in [0.05, 0.1) is 6.10 Å². The Morgan fingerprint density at radius 3 is 2.35 bits per heavy atom. The van der Waals surface area contributed by atoms with E-state index in [2.05, 4.69) is 56.6 Å². The molecule has 0 spiro atoms. The predicted octanol–water partition coefficient (Wildman–Crippen LogP) is 3.65. The first-order chi connectivity index (χ1) is 9.52. The van der Waals surface area contributed by atoms with E-state index in [1.54, 1.807) is 0 Å². The smallest absolute Gasteiger partial charge is 0.0914 e. The summed E-state index contributed by atoms with van der Waals surface area (Å²) in [6.07, 6.45) is 3.97. The SMILES string of the molecule is CSC(C)CCNCC(O)c1ccc(CC(C)C)cc1. The van der Waals surface area contributed by atoms with E-state index in [0.29, 0.717) is 17.7 Å². The average Bonchev–Trinajstić information content (AvgIpc) is 2.43. The maximum Gasteiger partial charge on any atom is 0.0914 e. The highest BCUT2D eigenvalue weighted by molar-refractivity contribution is 7.99. The molecule has 2 unspecified atom stereocenters. The molecule has 0 aliphatic heterocycles. The Morgan fingerprint density at radius 1 is 1.15 bits per heavy atom. The molecule has 0 aromatic heterocycles. The molecule has 114 valence electrons. The van der Waals surface area contributed by atoms with Crippen molar-refractivity contribution in [2.75, 3.05) is 19.3 Å². The number of nitrogens with one attached hydrogen (secondary N) is 1. The third-order valence-electron chi connectivity index (χ3n) is 3.48. The highest BCUT2D eigenvalue weighted by Crippen LogP contribution is 2.15. The quantitative estimate of drug-likeness (QED) is 0.682. The van der Waals surface area contributed by atoms with Crippen LogP contribution >= 0.6 is 11.8 Å². The Kier molecular flexibility index (Phi) is 8.27. The van der Waals surface area contributed by atoms with Gasteiger partial charge in [-0.15, -0.1) is 0 Å². The van der Waals surface area contributed by atoms with Gasteiger partial charge in [0.25, 0.3) is 0 Å². The van der Waals surface area contributed by atoms with Crippen LogP contribution in [0, 0.1) is 5.92 Å². The molecule has 1 aromatic rings. The van der Waals surface area contributed by atoms with Crippen LogP contribution in [0.25, 0.3) is 0 Å². The van der Waals surface area contributed by atoms with Crippen LogP contribution < -0.4 is 5.32 Å². The molecular formula is C17H29NOS. The highest BCUT2D eigenvalue weighted by Gasteiger charge is 2.07. The molecule has 0 aliphatic rings. The molecule has 0 radical (unpaired) electrons. The Morgan fingerprint density at radius 2 is 1.80 bits per heavy atom. The van der Waals surface area contributed by atoms with Gasteiger partial charge in [-0.25, -0.2) is 0 Å². The van der Waals surface area contributed by atoms with Crippen LogP contribution in [0.15, 0.2) is 24.3 Å². The Hall–Kier alpha value is -0.510. The van der Waals surface area contributed by atoms with E-state index in [-0.39, 0.29) is 0 Å². The Balaban J connectivity index is 2.34. The number of rotatable bonds is 9. The van der Waals surface area contributed by atoms with E-state index >= 15 is 0 Å². The topological polar surface area (TPSA) is 32.3 Å². The largest absolute Gasteiger partial charge is 0.387 e. The average molecular weight is 295 g/mol. The number of hydrogen-bond acceptors (Lipinski definition) is 3. The number of benzene rings is 1. The molecular weight excluding hydrogens is 266 g/mol. The Bertz CT molecular complexity index is 364. The number of thioether (sulfide) groups is 1. The molecule has 0 fully saturated rings. The lowest BCUT2D eigenvalue weighted by molar-refractivity contribution is 0.175. The van der Waals surface area contributed by atoms with Gasteiger partial charge in [-0.3, -0.25) is 0 Å². The summed E-state index contributed by atoms with van der Waals surface area (Å²) in [7, 11) is 0. The van der Waals surface area contributed by atoms with E-state index in [0.717, 1.165) is 24.9 Å². The second-order valence-corrected chi connectivity index (χ2v) is 7.17. The summed E-state index contributed by atoms with van der Waals surface area (Å²) in [5, 5.41) is 14.2. The summed E-state index contributed by atoms with van der Waals surface area (Å²) in [4.78, 5) is 0. The van der Waals surface area contributed by atoms with Gasteiger partial charge in [-0.2, -0.15) is 11.8 Å². The molecule has 3 heteroatoms. The van der Waals surface area contributed by atoms with Crippen molar-refractivity contribution in [1.29, 1.82) is 0 Å². The van der Waals surface area contributed by atoms with Gasteiger partial charge in [-0.1, -0.05) is 45.0 Å². The van der Waals surface area contributed by atoms with Crippen molar-refractivity contribution in [3.8, 4) is 0 Å². The third-order valence-corrected chi connectivity index (χ3v) is 4.52. The van der Waals surface area contributed by atoms with E-state index in [9.17, 15) is 5.11 Å². The lowest BCUT2D eigenvalue weighted by Crippen LogP contribution is -2.24. The van der Waals surface area contributed by atoms with Crippen LogP contribution in [-0.4, -0.2) is 29.7 Å². The van der Waals surface area contributed by atoms with E-state index in [1.165, 1.54) is 5.56 Å². The summed E-state index contributed by atoms with van der Waals surface area (Å²) >= 11 is 1.88. The molecule has 2 atom stereocenters. The van der Waals surface area contributed by atoms with Crippen LogP contribution in [0.1, 0.15) is 44.4 Å². The predicted molar refractivity (Wildman–Crippen MR) is 90.4 cm³/mol. The van der Waals surface area contributed by atoms with Crippen molar-refractivity contribution in [1.82, 2.24) is 5.32 Å². The van der Waals surface area contributed by atoms with Crippen molar-refractivity contribution < 1.29 is 5.11 Å². The van der Waals surface area contributed by atoms with E-state index < -0.39 is 6.10 Å². The number of hydrogen-bond donors (Lipinski definition) is 2. The molecule has 1 aromatic carbocycles. The lowest BCUT2D eigenvalue weighted by Gasteiger charge is -2.14. The minimum atomic E-state index is -0.410. The van der Waals surface area contributed by atoms with Gasteiger partial charge in [-0.05, 0) is 42.7 Å². The molecule has 20 heavy (non-hydrogen) atoms. The molecule has 1 rings (SSSR count). The van der Waals surface area contributed by atoms with Gasteiger partial charge in [0.2, 0.25) is 0 Å². The summed E-state index contributed by atoms with van der Waals surface area (Å²) in [6.45, 7) is 8.27. The first kappa shape index (κ1) is 17.5. The van der Waals surface area contributed by atoms with Gasteiger partial charge >= 0.3 is 0 Å². The normalized spacial score (nSPS) is 14.5. The van der Waals surface area contributed by atoms with Gasteiger partial charge in [0.1, 0.15) is 0 Å². The van der Waals surface area contributed by atoms with Crippen LogP contribution in [-0.2, 0) is 6.42 Å². The zero-order valence-corrected chi connectivity index (χ0v) is 14.0. The van der Waals surface area contributed by atoms with Crippen LogP contribution in [0.5, 0.6) is 0 Å². The molecule has 2 N–H and O–H groups in total. The maximum atomic E-state index is 10.1. The van der Waals surface area contributed by atoms with Gasteiger partial charge < -0.3 is 10.4 Å². The molecule has 0 amide bonds. The second-order valence-electron chi connectivity index (χ2n) is 5.89. The molecule has 0 bridgehead atoms. The molecule has 0 saturated heterocycles. The minimum absolute atomic E-state index is 0.410. The van der Waals surface area contributed by atoms with Crippen LogP contribution in [0.2, 0.25) is 0 Å². The first-order valence-corrected chi connectivity index (χ1v) is 8.82. The van der Waals surface area contributed by atoms with Crippen LogP contribution in [0.3, 0.4) is 0 Å². The lowest BCUT2D eigenvalue weighted by atomic mass is 10.0. The first-order valence-electron chi connectivity index (χ1n) is 7.53. The number of aliphatic hydroxyl groups excluding tert-OH is 1. The number of aliphatic hydroxyl groups is 1. The van der Waals surface area contributed by atoms with Crippen LogP contribution in [0.4, 0.5) is 0 Å². The summed E-state index contributed by atoms with van der Waals surface area (Å²) in [5.41, 5.74) is 2.35. The van der Waals surface area contributed by atoms with Crippen molar-refractivity contribution in [2.24, 2.45) is 5.92 Å². The minimum Gasteiger partial charge on any atom is -0.387 e. The fourth-order valence-corrected chi connectivity index (χ4v) is 2.48. The maximum absolute atomic E-state index is 10.1. The van der Waals surface area contributed by atoms with Crippen molar-refractivity contribution >= 4 is 11.8 Å². The molecule has 0 heterocycles. The highest BCUT2D eigenvalue weighted by atomic mass is 32.2. The van der Waals surface area contributed by atoms with Crippen molar-refractivity contribution in [2.45, 2.75) is 45.0 Å². The van der Waals surface area contributed by atoms with Gasteiger partial charge in [0, 0.05) is 11.8 Å². The fraction of sp³-hybridized carbons (Fsp3) is 0.647. The monoisotopic (exact) mass is 295 g/mol. The third kappa shape index (κ3) is 6.78. The van der Waals surface area contributed by atoms with Crippen molar-refractivity contribution in [3.63, 3.8) is 0 Å². The van der Waals surface area contributed by atoms with Crippen molar-refractivity contribution in [3.05, 3.63) is 35.4 Å². The zero-order valence-electron chi connectivity index (χ0n) is 13.2. The Labute approximate surface area is 128 Å². The fourth-order valence-electron chi connectivity index (χ4n) is 2.13.